The molecule has 0 fully saturated rings. The standard InChI is InChI=1S/C5H12N2/c1-2-3-5(7)4-6/h2-3,5H,4,6-7H2,1H3/b3-2+. The van der Waals surface area contributed by atoms with E-state index in [1.54, 1.807) is 0 Å². The quantitative estimate of drug-likeness (QED) is 0.474. The summed E-state index contributed by atoms with van der Waals surface area (Å²) in [4.78, 5) is 0. The molecule has 0 heterocycles. The van der Waals surface area contributed by atoms with E-state index >= 15 is 0 Å². The van der Waals surface area contributed by atoms with Gasteiger partial charge < -0.3 is 11.5 Å². The van der Waals surface area contributed by atoms with Crippen molar-refractivity contribution in [3.63, 3.8) is 0 Å². The Bertz CT molecular complexity index is 59.1. The van der Waals surface area contributed by atoms with Gasteiger partial charge in [-0.25, -0.2) is 0 Å². The van der Waals surface area contributed by atoms with Gasteiger partial charge in [-0.05, 0) is 6.92 Å². The van der Waals surface area contributed by atoms with Crippen molar-refractivity contribution in [2.45, 2.75) is 13.0 Å². The topological polar surface area (TPSA) is 52.0 Å². The second-order valence-electron chi connectivity index (χ2n) is 1.43. The van der Waals surface area contributed by atoms with Crippen molar-refractivity contribution >= 4 is 0 Å². The van der Waals surface area contributed by atoms with Crippen LogP contribution in [0.4, 0.5) is 0 Å². The molecule has 4 N–H and O–H groups in total. The van der Waals surface area contributed by atoms with Crippen LogP contribution in [0.2, 0.25) is 0 Å². The van der Waals surface area contributed by atoms with Crippen LogP contribution in [0.25, 0.3) is 0 Å². The number of nitrogens with two attached hydrogens (primary N) is 2. The predicted octanol–water partition coefficient (Wildman–Crippen LogP) is -0.151. The normalized spacial score (nSPS) is 15.3. The number of hydrogen-bond acceptors (Lipinski definition) is 2. The predicted molar refractivity (Wildman–Crippen MR) is 31.8 cm³/mol. The van der Waals surface area contributed by atoms with Gasteiger partial charge in [-0.3, -0.25) is 0 Å². The fourth-order valence-corrected chi connectivity index (χ4v) is 0.326. The van der Waals surface area contributed by atoms with Gasteiger partial charge in [0.2, 0.25) is 0 Å². The minimum atomic E-state index is 0.0463. The molecular formula is C5H12N2. The fourth-order valence-electron chi connectivity index (χ4n) is 0.326. The molecule has 0 aliphatic rings. The molecular weight excluding hydrogens is 88.1 g/mol. The lowest BCUT2D eigenvalue weighted by Gasteiger charge is -1.96. The zero-order valence-electron chi connectivity index (χ0n) is 4.59. The average molecular weight is 100 g/mol. The molecule has 0 saturated carbocycles. The highest BCUT2D eigenvalue weighted by Crippen LogP contribution is 1.74. The maximum atomic E-state index is 5.37. The third-order valence-electron chi connectivity index (χ3n) is 0.712. The van der Waals surface area contributed by atoms with Crippen molar-refractivity contribution in [3.05, 3.63) is 12.2 Å². The number of rotatable bonds is 2. The summed E-state index contributed by atoms with van der Waals surface area (Å²) < 4.78 is 0. The van der Waals surface area contributed by atoms with Gasteiger partial charge >= 0.3 is 0 Å². The van der Waals surface area contributed by atoms with Gasteiger partial charge in [-0.2, -0.15) is 0 Å². The first-order valence-electron chi connectivity index (χ1n) is 2.39. The Hall–Kier alpha value is -0.340. The van der Waals surface area contributed by atoms with E-state index in [9.17, 15) is 0 Å². The fraction of sp³-hybridized carbons (Fsp3) is 0.600. The Balaban J connectivity index is 3.16. The second-order valence-corrected chi connectivity index (χ2v) is 1.43. The Kier molecular flexibility index (Phi) is 3.65. The van der Waals surface area contributed by atoms with Crippen LogP contribution in [0.3, 0.4) is 0 Å². The van der Waals surface area contributed by atoms with E-state index in [4.69, 9.17) is 11.5 Å². The lowest BCUT2D eigenvalue weighted by molar-refractivity contribution is 0.822. The van der Waals surface area contributed by atoms with Crippen LogP contribution in [0.15, 0.2) is 12.2 Å². The lowest BCUT2D eigenvalue weighted by atomic mass is 10.3. The largest absolute Gasteiger partial charge is 0.329 e. The molecule has 1 atom stereocenters. The summed E-state index contributed by atoms with van der Waals surface area (Å²) in [7, 11) is 0. The molecule has 0 spiro atoms. The molecule has 0 bridgehead atoms. The molecule has 0 amide bonds. The molecule has 0 aromatic carbocycles. The number of hydrogen-bond donors (Lipinski definition) is 2. The van der Waals surface area contributed by atoms with E-state index in [0.29, 0.717) is 6.54 Å². The van der Waals surface area contributed by atoms with Gasteiger partial charge in [0.1, 0.15) is 0 Å². The van der Waals surface area contributed by atoms with E-state index in [1.165, 1.54) is 0 Å². The molecule has 1 unspecified atom stereocenters. The summed E-state index contributed by atoms with van der Waals surface area (Å²) in [6, 6.07) is 0.0463. The average Bonchev–Trinajstić information content (AvgIpc) is 1.68. The second kappa shape index (κ2) is 3.84. The van der Waals surface area contributed by atoms with Gasteiger partial charge in [0.05, 0.1) is 0 Å². The van der Waals surface area contributed by atoms with Crippen LogP contribution < -0.4 is 11.5 Å². The smallest absolute Gasteiger partial charge is 0.0348 e. The van der Waals surface area contributed by atoms with Crippen LogP contribution in [0, 0.1) is 0 Å². The van der Waals surface area contributed by atoms with Crippen LogP contribution in [0.1, 0.15) is 6.92 Å². The van der Waals surface area contributed by atoms with Crippen molar-refractivity contribution in [2.24, 2.45) is 11.5 Å². The molecule has 0 rings (SSSR count). The Morgan fingerprint density at radius 2 is 2.29 bits per heavy atom. The first-order chi connectivity index (χ1) is 3.31. The first-order valence-corrected chi connectivity index (χ1v) is 2.39. The zero-order chi connectivity index (χ0) is 5.70. The molecule has 0 radical (unpaired) electrons. The molecule has 0 aliphatic carbocycles. The zero-order valence-corrected chi connectivity index (χ0v) is 4.59. The van der Waals surface area contributed by atoms with Crippen LogP contribution in [0.5, 0.6) is 0 Å². The molecule has 42 valence electrons. The third kappa shape index (κ3) is 3.49. The van der Waals surface area contributed by atoms with Crippen LogP contribution >= 0.6 is 0 Å². The van der Waals surface area contributed by atoms with E-state index in [2.05, 4.69) is 0 Å². The molecule has 0 saturated heterocycles. The lowest BCUT2D eigenvalue weighted by Crippen LogP contribution is -2.26. The minimum Gasteiger partial charge on any atom is -0.329 e. The van der Waals surface area contributed by atoms with Gasteiger partial charge in [-0.15, -0.1) is 0 Å². The van der Waals surface area contributed by atoms with Crippen LogP contribution in [-0.2, 0) is 0 Å². The van der Waals surface area contributed by atoms with E-state index in [0.717, 1.165) is 0 Å². The monoisotopic (exact) mass is 100 g/mol. The van der Waals surface area contributed by atoms with E-state index in [1.807, 2.05) is 19.1 Å². The summed E-state index contributed by atoms with van der Waals surface area (Å²) in [5.41, 5.74) is 10.6. The third-order valence-corrected chi connectivity index (χ3v) is 0.712. The molecule has 2 nitrogen and oxygen atoms in total. The first kappa shape index (κ1) is 6.66. The Morgan fingerprint density at radius 1 is 1.71 bits per heavy atom. The van der Waals surface area contributed by atoms with Crippen molar-refractivity contribution in [1.29, 1.82) is 0 Å². The van der Waals surface area contributed by atoms with E-state index < -0.39 is 0 Å². The summed E-state index contributed by atoms with van der Waals surface area (Å²) >= 11 is 0. The van der Waals surface area contributed by atoms with Gasteiger partial charge in [0, 0.05) is 12.6 Å². The Morgan fingerprint density at radius 3 is 2.43 bits per heavy atom. The summed E-state index contributed by atoms with van der Waals surface area (Å²) in [5, 5.41) is 0. The Labute approximate surface area is 44.2 Å². The van der Waals surface area contributed by atoms with Crippen molar-refractivity contribution < 1.29 is 0 Å². The van der Waals surface area contributed by atoms with Gasteiger partial charge in [-0.1, -0.05) is 12.2 Å². The highest BCUT2D eigenvalue weighted by Gasteiger charge is 1.86. The molecule has 7 heavy (non-hydrogen) atoms. The van der Waals surface area contributed by atoms with Crippen LogP contribution in [-0.4, -0.2) is 12.6 Å². The summed E-state index contributed by atoms with van der Waals surface area (Å²) in [5.74, 6) is 0. The highest BCUT2D eigenvalue weighted by molar-refractivity contribution is 4.88. The molecule has 2 heteroatoms. The summed E-state index contributed by atoms with van der Waals surface area (Å²) in [6.45, 7) is 2.46. The summed E-state index contributed by atoms with van der Waals surface area (Å²) in [6.07, 6.45) is 3.78. The maximum Gasteiger partial charge on any atom is 0.0348 e. The highest BCUT2D eigenvalue weighted by atomic mass is 14.7. The van der Waals surface area contributed by atoms with E-state index in [-0.39, 0.29) is 6.04 Å². The van der Waals surface area contributed by atoms with Crippen molar-refractivity contribution in [1.82, 2.24) is 0 Å². The number of allylic oxidation sites excluding steroid dienone is 1. The maximum absolute atomic E-state index is 5.37. The molecule has 0 aromatic heterocycles. The molecule has 0 aliphatic heterocycles. The van der Waals surface area contributed by atoms with Gasteiger partial charge in [0.15, 0.2) is 0 Å². The minimum absolute atomic E-state index is 0.0463. The van der Waals surface area contributed by atoms with Crippen molar-refractivity contribution in [2.75, 3.05) is 6.54 Å². The SMILES string of the molecule is C/C=C/C(N)CN. The van der Waals surface area contributed by atoms with Crippen molar-refractivity contribution in [3.8, 4) is 0 Å². The molecule has 0 aromatic rings. The van der Waals surface area contributed by atoms with Gasteiger partial charge in [0.25, 0.3) is 0 Å².